The van der Waals surface area contributed by atoms with Crippen LogP contribution in [-0.2, 0) is 4.79 Å². The zero-order valence-corrected chi connectivity index (χ0v) is 9.08. The molecule has 0 aromatic heterocycles. The molecule has 1 atom stereocenters. The third-order valence-corrected chi connectivity index (χ3v) is 3.33. The van der Waals surface area contributed by atoms with Crippen LogP contribution in [0.5, 0.6) is 0 Å². The highest BCUT2D eigenvalue weighted by Gasteiger charge is 2.46. The van der Waals surface area contributed by atoms with Gasteiger partial charge < -0.3 is 0 Å². The molecule has 14 heavy (non-hydrogen) atoms. The minimum atomic E-state index is 0.0388. The van der Waals surface area contributed by atoms with Crippen molar-refractivity contribution in [3.63, 3.8) is 0 Å². The Bertz CT molecular complexity index is 341. The van der Waals surface area contributed by atoms with Crippen LogP contribution in [0.4, 0.5) is 0 Å². The van der Waals surface area contributed by atoms with E-state index in [2.05, 4.69) is 26.0 Å². The number of Topliss-reactive ketones (excluding diaryl/α,β-unsaturated/α-hetero) is 1. The van der Waals surface area contributed by atoms with Crippen molar-refractivity contribution in [3.8, 4) is 0 Å². The maximum atomic E-state index is 11.4. The van der Waals surface area contributed by atoms with Gasteiger partial charge in [-0.15, -0.1) is 0 Å². The molecule has 1 fully saturated rings. The summed E-state index contributed by atoms with van der Waals surface area (Å²) in [5.41, 5.74) is 1.31. The molecular weight excluding hydrogens is 176 g/mol. The summed E-state index contributed by atoms with van der Waals surface area (Å²) in [6.45, 7) is 2.18. The fourth-order valence-electron chi connectivity index (χ4n) is 2.58. The van der Waals surface area contributed by atoms with Gasteiger partial charge in [-0.05, 0) is 13.3 Å². The van der Waals surface area contributed by atoms with Gasteiger partial charge in [-0.1, -0.05) is 0 Å². The summed E-state index contributed by atoms with van der Waals surface area (Å²) in [5.74, 6) is 0.389. The fourth-order valence-corrected chi connectivity index (χ4v) is 2.58. The summed E-state index contributed by atoms with van der Waals surface area (Å²) in [6, 6.07) is 0. The van der Waals surface area contributed by atoms with Crippen LogP contribution in [0.1, 0.15) is 26.2 Å². The Labute approximate surface area is 84.7 Å². The lowest BCUT2D eigenvalue weighted by Gasteiger charge is -2.32. The molecule has 1 heterocycles. The first-order chi connectivity index (χ1) is 6.44. The summed E-state index contributed by atoms with van der Waals surface area (Å²) in [4.78, 5) is 15.6. The number of carbonyl (C=O) groups is 1. The molecular formula is C11H17N2O+. The lowest BCUT2D eigenvalue weighted by Crippen LogP contribution is -2.41. The standard InChI is InChI=1S/C11H17N2O/c1-11(5-4-9(14)6-11)10-7-12-8-13(10,2)3/h7-8H,4-6H2,1-3H3/q+1. The third-order valence-electron chi connectivity index (χ3n) is 3.33. The van der Waals surface area contributed by atoms with Gasteiger partial charge in [-0.25, -0.2) is 4.99 Å². The Morgan fingerprint density at radius 2 is 2.21 bits per heavy atom. The van der Waals surface area contributed by atoms with E-state index >= 15 is 0 Å². The number of hydrogen-bond donors (Lipinski definition) is 0. The van der Waals surface area contributed by atoms with Crippen LogP contribution in [0.3, 0.4) is 0 Å². The van der Waals surface area contributed by atoms with Gasteiger partial charge >= 0.3 is 0 Å². The highest BCUT2D eigenvalue weighted by molar-refractivity contribution is 5.82. The second kappa shape index (κ2) is 2.76. The molecule has 0 amide bonds. The van der Waals surface area contributed by atoms with Crippen molar-refractivity contribution in [1.82, 2.24) is 0 Å². The van der Waals surface area contributed by atoms with Gasteiger partial charge in [0.25, 0.3) is 0 Å². The number of ketones is 1. The van der Waals surface area contributed by atoms with Crippen molar-refractivity contribution in [2.45, 2.75) is 26.2 Å². The van der Waals surface area contributed by atoms with Gasteiger partial charge in [0.15, 0.2) is 6.34 Å². The van der Waals surface area contributed by atoms with E-state index in [0.29, 0.717) is 16.7 Å². The highest BCUT2D eigenvalue weighted by atomic mass is 16.1. The average molecular weight is 193 g/mol. The van der Waals surface area contributed by atoms with Crippen molar-refractivity contribution >= 4 is 12.1 Å². The van der Waals surface area contributed by atoms with E-state index in [4.69, 9.17) is 0 Å². The Morgan fingerprint density at radius 3 is 2.64 bits per heavy atom. The molecule has 1 aliphatic heterocycles. The number of carbonyl (C=O) groups excluding carboxylic acids is 1. The maximum absolute atomic E-state index is 11.4. The Kier molecular flexibility index (Phi) is 1.89. The zero-order chi connectivity index (χ0) is 10.4. The van der Waals surface area contributed by atoms with Crippen LogP contribution in [0.2, 0.25) is 0 Å². The minimum absolute atomic E-state index is 0.0388. The van der Waals surface area contributed by atoms with E-state index in [1.165, 1.54) is 5.70 Å². The molecule has 3 heteroatoms. The van der Waals surface area contributed by atoms with E-state index in [0.717, 1.165) is 12.8 Å². The largest absolute Gasteiger partial charge is 0.300 e. The first-order valence-corrected chi connectivity index (χ1v) is 5.05. The second-order valence-corrected chi connectivity index (χ2v) is 5.09. The zero-order valence-electron chi connectivity index (χ0n) is 9.08. The van der Waals surface area contributed by atoms with E-state index < -0.39 is 0 Å². The summed E-state index contributed by atoms with van der Waals surface area (Å²) in [6.07, 6.45) is 6.24. The number of nitrogens with zero attached hydrogens (tertiary/aromatic N) is 2. The third kappa shape index (κ3) is 1.32. The van der Waals surface area contributed by atoms with Crippen LogP contribution >= 0.6 is 0 Å². The predicted octanol–water partition coefficient (Wildman–Crippen LogP) is 1.71. The predicted molar refractivity (Wildman–Crippen MR) is 55.6 cm³/mol. The quantitative estimate of drug-likeness (QED) is 0.583. The van der Waals surface area contributed by atoms with E-state index in [1.54, 1.807) is 0 Å². The molecule has 0 N–H and O–H groups in total. The normalized spacial score (nSPS) is 35.1. The van der Waals surface area contributed by atoms with Gasteiger partial charge in [0.05, 0.1) is 25.7 Å². The molecule has 1 saturated carbocycles. The SMILES string of the molecule is CC1(C2=CN=C[N+]2(C)C)CCC(=O)C1. The Hall–Kier alpha value is -0.960. The second-order valence-electron chi connectivity index (χ2n) is 5.09. The first-order valence-electron chi connectivity index (χ1n) is 5.05. The van der Waals surface area contributed by atoms with E-state index in [-0.39, 0.29) is 5.41 Å². The van der Waals surface area contributed by atoms with Gasteiger partial charge in [0.2, 0.25) is 0 Å². The van der Waals surface area contributed by atoms with Gasteiger partial charge in [-0.2, -0.15) is 0 Å². The van der Waals surface area contributed by atoms with Crippen molar-refractivity contribution in [1.29, 1.82) is 0 Å². The van der Waals surface area contributed by atoms with Crippen LogP contribution < -0.4 is 0 Å². The lowest BCUT2D eigenvalue weighted by molar-refractivity contribution is -0.755. The van der Waals surface area contributed by atoms with Gasteiger partial charge in [0.1, 0.15) is 11.5 Å². The van der Waals surface area contributed by atoms with Crippen LogP contribution in [0.15, 0.2) is 16.9 Å². The van der Waals surface area contributed by atoms with Crippen LogP contribution in [0.25, 0.3) is 0 Å². The minimum Gasteiger partial charge on any atom is -0.300 e. The molecule has 2 aliphatic rings. The molecule has 0 aromatic rings. The number of aliphatic imine (C=N–C) groups is 1. The number of hydrogen-bond acceptors (Lipinski definition) is 2. The number of rotatable bonds is 1. The van der Waals surface area contributed by atoms with Crippen molar-refractivity contribution in [2.24, 2.45) is 10.4 Å². The van der Waals surface area contributed by atoms with Crippen molar-refractivity contribution in [3.05, 3.63) is 11.9 Å². The molecule has 3 nitrogen and oxygen atoms in total. The molecule has 2 rings (SSSR count). The van der Waals surface area contributed by atoms with E-state index in [9.17, 15) is 4.79 Å². The van der Waals surface area contributed by atoms with Crippen LogP contribution in [0, 0.1) is 5.41 Å². The Morgan fingerprint density at radius 1 is 1.50 bits per heavy atom. The molecule has 0 spiro atoms. The molecule has 1 unspecified atom stereocenters. The lowest BCUT2D eigenvalue weighted by atomic mass is 9.84. The number of allylic oxidation sites excluding steroid dienone is 1. The molecule has 0 radical (unpaired) electrons. The monoisotopic (exact) mass is 193 g/mol. The summed E-state index contributed by atoms with van der Waals surface area (Å²) >= 11 is 0. The topological polar surface area (TPSA) is 29.4 Å². The van der Waals surface area contributed by atoms with Gasteiger partial charge in [-0.3, -0.25) is 9.28 Å². The summed E-state index contributed by atoms with van der Waals surface area (Å²) < 4.78 is 0.698. The molecule has 1 aliphatic carbocycles. The van der Waals surface area contributed by atoms with Crippen LogP contribution in [-0.4, -0.2) is 30.7 Å². The molecule has 0 saturated heterocycles. The number of quaternary nitrogens is 1. The van der Waals surface area contributed by atoms with Crippen molar-refractivity contribution in [2.75, 3.05) is 14.1 Å². The summed E-state index contributed by atoms with van der Waals surface area (Å²) in [7, 11) is 4.22. The first kappa shape index (κ1) is 9.59. The fraction of sp³-hybridized carbons (Fsp3) is 0.636. The maximum Gasteiger partial charge on any atom is 0.194 e. The smallest absolute Gasteiger partial charge is 0.194 e. The van der Waals surface area contributed by atoms with Crippen molar-refractivity contribution < 1.29 is 9.28 Å². The molecule has 76 valence electrons. The highest BCUT2D eigenvalue weighted by Crippen LogP contribution is 2.45. The Balaban J connectivity index is 2.29. The molecule has 0 bridgehead atoms. The van der Waals surface area contributed by atoms with Gasteiger partial charge in [0, 0.05) is 12.8 Å². The average Bonchev–Trinajstić information content (AvgIpc) is 2.56. The summed E-state index contributed by atoms with van der Waals surface area (Å²) in [5, 5.41) is 0. The van der Waals surface area contributed by atoms with E-state index in [1.807, 2.05) is 12.5 Å². The molecule has 0 aromatic carbocycles.